The Hall–Kier alpha value is -4.95. The summed E-state index contributed by atoms with van der Waals surface area (Å²) in [4.78, 5) is 45.6. The molecule has 8 nitrogen and oxygen atoms in total. The van der Waals surface area contributed by atoms with Crippen LogP contribution in [-0.4, -0.2) is 58.6 Å². The van der Waals surface area contributed by atoms with Gasteiger partial charge in [-0.25, -0.2) is 0 Å². The molecule has 3 atom stereocenters. The van der Waals surface area contributed by atoms with Crippen LogP contribution >= 0.6 is 0 Å². The van der Waals surface area contributed by atoms with Gasteiger partial charge in [0.1, 0.15) is 6.61 Å². The molecule has 4 rings (SSSR count). The first-order valence-electron chi connectivity index (χ1n) is 16.6. The number of fused-ring (bicyclic) bond motifs is 1. The van der Waals surface area contributed by atoms with Gasteiger partial charge in [-0.1, -0.05) is 91.0 Å². The minimum atomic E-state index is -0.688. The number of benzene rings is 3. The molecule has 3 aromatic carbocycles. The number of aliphatic hydroxyl groups is 1. The Balaban J connectivity index is 1.49. The van der Waals surface area contributed by atoms with E-state index in [-0.39, 0.29) is 56.3 Å². The van der Waals surface area contributed by atoms with Crippen molar-refractivity contribution in [3.63, 3.8) is 0 Å². The number of carbonyl (C=O) groups is 3. The minimum Gasteiger partial charge on any atom is -0.463 e. The molecule has 0 saturated carbocycles. The van der Waals surface area contributed by atoms with E-state index in [1.807, 2.05) is 91.1 Å². The van der Waals surface area contributed by atoms with Crippen molar-refractivity contribution < 1.29 is 24.2 Å². The van der Waals surface area contributed by atoms with E-state index in [2.05, 4.69) is 23.5 Å². The molecule has 1 heterocycles. The maximum absolute atomic E-state index is 13.8. The number of nitrogens with zero attached hydrogens (tertiary/aromatic N) is 1. The number of nitrogens with one attached hydrogen (secondary N) is 2. The van der Waals surface area contributed by atoms with Crippen LogP contribution in [0.1, 0.15) is 42.4 Å². The van der Waals surface area contributed by atoms with Crippen molar-refractivity contribution in [1.82, 2.24) is 15.2 Å². The van der Waals surface area contributed by atoms with Gasteiger partial charge in [0.25, 0.3) is 0 Å². The zero-order valence-electron chi connectivity index (χ0n) is 27.6. The quantitative estimate of drug-likeness (QED) is 0.0784. The number of aromatic amines is 1. The molecule has 0 fully saturated rings. The standard InChI is InChI=1S/C40H47N3O5/c1-3-5-19-33(24-30-15-8-6-9-16-30)40(47)48-29-35(25-34-27-41-37-21-13-12-20-36(34)37)42-39(46)32(14-4-2)26-38(45)43(22-23-44)28-31-17-10-7-11-18-31/h3-4,6-13,15-18,20-21,27,32-33,35,41,44H,1-2,5,14,19,22-26,28-29H2,(H,42,46)/t32-,33+,35-/m0/s1. The second-order valence-electron chi connectivity index (χ2n) is 12.1. The van der Waals surface area contributed by atoms with E-state index in [9.17, 15) is 19.5 Å². The van der Waals surface area contributed by atoms with Gasteiger partial charge in [-0.3, -0.25) is 14.4 Å². The average molecular weight is 650 g/mol. The maximum Gasteiger partial charge on any atom is 0.309 e. The van der Waals surface area contributed by atoms with Gasteiger partial charge in [0.05, 0.1) is 24.5 Å². The molecule has 4 aromatic rings. The molecule has 2 amide bonds. The highest BCUT2D eigenvalue weighted by Crippen LogP contribution is 2.22. The molecule has 0 radical (unpaired) electrons. The zero-order valence-corrected chi connectivity index (χ0v) is 27.6. The Morgan fingerprint density at radius 2 is 1.56 bits per heavy atom. The Labute approximate surface area is 283 Å². The number of amides is 2. The number of carbonyl (C=O) groups excluding carboxylic acids is 3. The first-order valence-corrected chi connectivity index (χ1v) is 16.6. The molecule has 252 valence electrons. The van der Waals surface area contributed by atoms with Gasteiger partial charge in [0, 0.05) is 36.6 Å². The van der Waals surface area contributed by atoms with Crippen LogP contribution in [-0.2, 0) is 38.5 Å². The summed E-state index contributed by atoms with van der Waals surface area (Å²) < 4.78 is 5.93. The number of allylic oxidation sites excluding steroid dienone is 2. The highest BCUT2D eigenvalue weighted by Gasteiger charge is 2.28. The number of hydrogen-bond donors (Lipinski definition) is 3. The number of hydrogen-bond acceptors (Lipinski definition) is 5. The van der Waals surface area contributed by atoms with E-state index < -0.39 is 12.0 Å². The zero-order chi connectivity index (χ0) is 34.1. The molecule has 3 N–H and O–H groups in total. The lowest BCUT2D eigenvalue weighted by Gasteiger charge is -2.26. The van der Waals surface area contributed by atoms with E-state index in [1.165, 1.54) is 0 Å². The van der Waals surface area contributed by atoms with E-state index in [4.69, 9.17) is 4.74 Å². The number of H-pyrrole nitrogens is 1. The topological polar surface area (TPSA) is 112 Å². The predicted molar refractivity (Wildman–Crippen MR) is 190 cm³/mol. The summed E-state index contributed by atoms with van der Waals surface area (Å²) in [6, 6.07) is 26.7. The van der Waals surface area contributed by atoms with Crippen molar-refractivity contribution >= 4 is 28.7 Å². The summed E-state index contributed by atoms with van der Waals surface area (Å²) in [6.07, 6.45) is 7.82. The molecule has 0 saturated heterocycles. The van der Waals surface area contributed by atoms with Crippen LogP contribution in [0.5, 0.6) is 0 Å². The predicted octanol–water partition coefficient (Wildman–Crippen LogP) is 6.17. The number of aliphatic hydroxyl groups excluding tert-OH is 1. The van der Waals surface area contributed by atoms with E-state index in [0.717, 1.165) is 27.6 Å². The summed E-state index contributed by atoms with van der Waals surface area (Å²) in [5.74, 6) is -1.92. The Kier molecular flexibility index (Phi) is 14.2. The molecule has 1 aromatic heterocycles. The largest absolute Gasteiger partial charge is 0.463 e. The molecular formula is C40H47N3O5. The van der Waals surface area contributed by atoms with Crippen molar-refractivity contribution in [2.75, 3.05) is 19.8 Å². The highest BCUT2D eigenvalue weighted by atomic mass is 16.5. The summed E-state index contributed by atoms with van der Waals surface area (Å²) in [5, 5.41) is 13.8. The monoisotopic (exact) mass is 649 g/mol. The van der Waals surface area contributed by atoms with Crippen LogP contribution in [0.3, 0.4) is 0 Å². The van der Waals surface area contributed by atoms with Gasteiger partial charge in [0.15, 0.2) is 0 Å². The van der Waals surface area contributed by atoms with Crippen molar-refractivity contribution in [1.29, 1.82) is 0 Å². The fourth-order valence-electron chi connectivity index (χ4n) is 5.90. The van der Waals surface area contributed by atoms with Gasteiger partial charge >= 0.3 is 5.97 Å². The number of esters is 1. The summed E-state index contributed by atoms with van der Waals surface area (Å²) in [7, 11) is 0. The second kappa shape index (κ2) is 19.0. The number of ether oxygens (including phenoxy) is 1. The number of rotatable bonds is 20. The highest BCUT2D eigenvalue weighted by molar-refractivity contribution is 5.86. The molecule has 48 heavy (non-hydrogen) atoms. The molecular weight excluding hydrogens is 602 g/mol. The fourth-order valence-corrected chi connectivity index (χ4v) is 5.90. The van der Waals surface area contributed by atoms with Gasteiger partial charge in [0.2, 0.25) is 11.8 Å². The Morgan fingerprint density at radius 1 is 0.875 bits per heavy atom. The van der Waals surface area contributed by atoms with Crippen molar-refractivity contribution in [2.45, 2.75) is 51.1 Å². The third kappa shape index (κ3) is 10.8. The van der Waals surface area contributed by atoms with Gasteiger partial charge in [-0.15, -0.1) is 13.2 Å². The average Bonchev–Trinajstić information content (AvgIpc) is 3.51. The summed E-state index contributed by atoms with van der Waals surface area (Å²) >= 11 is 0. The lowest BCUT2D eigenvalue weighted by Crippen LogP contribution is -2.45. The molecule has 8 heteroatoms. The van der Waals surface area contributed by atoms with Crippen LogP contribution in [0.2, 0.25) is 0 Å². The summed E-state index contributed by atoms with van der Waals surface area (Å²) in [5.41, 5.74) is 3.93. The normalized spacial score (nSPS) is 12.9. The van der Waals surface area contributed by atoms with Crippen molar-refractivity contribution in [3.05, 3.63) is 133 Å². The van der Waals surface area contributed by atoms with E-state index in [0.29, 0.717) is 32.2 Å². The van der Waals surface area contributed by atoms with Crippen LogP contribution in [0.15, 0.2) is 116 Å². The first kappa shape index (κ1) is 35.9. The van der Waals surface area contributed by atoms with Crippen molar-refractivity contribution in [3.8, 4) is 0 Å². The fraction of sp³-hybridized carbons (Fsp3) is 0.325. The van der Waals surface area contributed by atoms with Crippen LogP contribution in [0.4, 0.5) is 0 Å². The van der Waals surface area contributed by atoms with Crippen molar-refractivity contribution in [2.24, 2.45) is 11.8 Å². The number of para-hydroxylation sites is 1. The van der Waals surface area contributed by atoms with Crippen LogP contribution in [0.25, 0.3) is 10.9 Å². The Morgan fingerprint density at radius 3 is 2.25 bits per heavy atom. The van der Waals surface area contributed by atoms with Gasteiger partial charge in [-0.05, 0) is 54.9 Å². The molecule has 0 aliphatic heterocycles. The lowest BCUT2D eigenvalue weighted by atomic mass is 9.94. The first-order chi connectivity index (χ1) is 23.4. The smallest absolute Gasteiger partial charge is 0.309 e. The maximum atomic E-state index is 13.8. The minimum absolute atomic E-state index is 0.0249. The van der Waals surface area contributed by atoms with Crippen LogP contribution in [0, 0.1) is 11.8 Å². The third-order valence-corrected chi connectivity index (χ3v) is 8.47. The molecule has 0 unspecified atom stereocenters. The van der Waals surface area contributed by atoms with Gasteiger partial charge in [-0.2, -0.15) is 0 Å². The molecule has 0 spiro atoms. The number of aromatic nitrogens is 1. The third-order valence-electron chi connectivity index (χ3n) is 8.47. The Bertz CT molecular complexity index is 1620. The second-order valence-corrected chi connectivity index (χ2v) is 12.1. The van der Waals surface area contributed by atoms with E-state index >= 15 is 0 Å². The molecule has 0 aliphatic rings. The summed E-state index contributed by atoms with van der Waals surface area (Å²) in [6.45, 7) is 7.92. The van der Waals surface area contributed by atoms with Gasteiger partial charge < -0.3 is 25.0 Å². The molecule has 0 aliphatic carbocycles. The molecule has 0 bridgehead atoms. The SMILES string of the molecule is C=CCC[C@H](Cc1ccccc1)C(=O)OC[C@H](Cc1c[nH]c2ccccc12)NC(=O)[C@@H](CC=C)CC(=O)N(CCO)Cc1ccccc1. The van der Waals surface area contributed by atoms with E-state index in [1.54, 1.807) is 17.1 Å². The lowest BCUT2D eigenvalue weighted by molar-refractivity contribution is -0.150. The van der Waals surface area contributed by atoms with Crippen LogP contribution < -0.4 is 5.32 Å².